The number of aryl methyl sites for hydroxylation is 2. The summed E-state index contributed by atoms with van der Waals surface area (Å²) in [6, 6.07) is 0. The summed E-state index contributed by atoms with van der Waals surface area (Å²) in [6.45, 7) is 11.6. The molecule has 0 bridgehead atoms. The third-order valence-corrected chi connectivity index (χ3v) is 0.629. The second-order valence-electron chi connectivity index (χ2n) is 1.36. The lowest BCUT2D eigenvalue weighted by atomic mass is 10.7. The average molecular weight is 158 g/mol. The second kappa shape index (κ2) is 9.14. The van der Waals surface area contributed by atoms with Gasteiger partial charge in [-0.1, -0.05) is 32.9 Å². The number of nitrogens with zero attached hydrogens (tertiary/aromatic N) is 2. The minimum absolute atomic E-state index is 0.623. The fourth-order valence-electron chi connectivity index (χ4n) is 0.401. The lowest BCUT2D eigenvalue weighted by Crippen LogP contribution is -1.70. The van der Waals surface area contributed by atoms with E-state index >= 15 is 0 Å². The Hall–Kier alpha value is -0.860. The van der Waals surface area contributed by atoms with Crippen molar-refractivity contribution in [3.8, 4) is 0 Å². The maximum Gasteiger partial charge on any atom is 0.223 e. The predicted molar refractivity (Wildman–Crippen MR) is 46.5 cm³/mol. The van der Waals surface area contributed by atoms with Crippen LogP contribution >= 0.6 is 0 Å². The molecule has 0 saturated carbocycles. The first-order chi connectivity index (χ1) is 5.29. The van der Waals surface area contributed by atoms with Crippen LogP contribution < -0.4 is 0 Å². The lowest BCUT2D eigenvalue weighted by molar-refractivity contribution is 0.389. The maximum atomic E-state index is 4.60. The summed E-state index contributed by atoms with van der Waals surface area (Å²) in [7, 11) is 0. The molecule has 1 heterocycles. The first-order valence-corrected chi connectivity index (χ1v) is 4.06. The van der Waals surface area contributed by atoms with Gasteiger partial charge in [0, 0.05) is 6.92 Å². The highest BCUT2D eigenvalue weighted by Crippen LogP contribution is 1.89. The van der Waals surface area contributed by atoms with E-state index in [0.29, 0.717) is 11.7 Å². The van der Waals surface area contributed by atoms with Gasteiger partial charge in [0.15, 0.2) is 5.82 Å². The molecule has 1 aromatic heterocycles. The van der Waals surface area contributed by atoms with Crippen LogP contribution in [0.5, 0.6) is 0 Å². The molecule has 1 rings (SSSR count). The van der Waals surface area contributed by atoms with E-state index in [1.165, 1.54) is 0 Å². The summed E-state index contributed by atoms with van der Waals surface area (Å²) >= 11 is 0. The molecule has 66 valence electrons. The van der Waals surface area contributed by atoms with Crippen LogP contribution in [0.4, 0.5) is 0 Å². The maximum absolute atomic E-state index is 4.60. The summed E-state index contributed by atoms with van der Waals surface area (Å²) < 4.78 is 4.60. The molecule has 0 amide bonds. The fourth-order valence-corrected chi connectivity index (χ4v) is 0.401. The van der Waals surface area contributed by atoms with Crippen molar-refractivity contribution in [3.05, 3.63) is 11.7 Å². The molecule has 3 nitrogen and oxygen atoms in total. The van der Waals surface area contributed by atoms with Crippen LogP contribution in [-0.2, 0) is 0 Å². The monoisotopic (exact) mass is 158 g/mol. The Labute approximate surface area is 68.8 Å². The van der Waals surface area contributed by atoms with Crippen molar-refractivity contribution in [2.45, 2.75) is 41.5 Å². The van der Waals surface area contributed by atoms with Crippen molar-refractivity contribution in [1.82, 2.24) is 10.1 Å². The number of hydrogen-bond donors (Lipinski definition) is 0. The van der Waals surface area contributed by atoms with Gasteiger partial charge in [-0.15, -0.1) is 0 Å². The van der Waals surface area contributed by atoms with Crippen LogP contribution in [-0.4, -0.2) is 10.1 Å². The van der Waals surface area contributed by atoms with Gasteiger partial charge in [-0.05, 0) is 6.92 Å². The molecule has 0 fully saturated rings. The van der Waals surface area contributed by atoms with E-state index in [0.717, 1.165) is 0 Å². The molecule has 3 heteroatoms. The molecular weight excluding hydrogens is 140 g/mol. The SMILES string of the molecule is CC.CC.Cc1noc(C)n1. The molecule has 0 unspecified atom stereocenters. The van der Waals surface area contributed by atoms with Crippen LogP contribution in [0, 0.1) is 13.8 Å². The Bertz CT molecular complexity index is 144. The van der Waals surface area contributed by atoms with E-state index in [4.69, 9.17) is 0 Å². The molecule has 0 aliphatic carbocycles. The van der Waals surface area contributed by atoms with E-state index in [-0.39, 0.29) is 0 Å². The molecule has 0 saturated heterocycles. The van der Waals surface area contributed by atoms with Crippen LogP contribution in [0.2, 0.25) is 0 Å². The van der Waals surface area contributed by atoms with Gasteiger partial charge >= 0.3 is 0 Å². The van der Waals surface area contributed by atoms with Crippen molar-refractivity contribution in [2.24, 2.45) is 0 Å². The summed E-state index contributed by atoms with van der Waals surface area (Å²) in [4.78, 5) is 3.83. The topological polar surface area (TPSA) is 38.9 Å². The first kappa shape index (κ1) is 12.8. The smallest absolute Gasteiger partial charge is 0.223 e. The molecule has 0 aliphatic heterocycles. The van der Waals surface area contributed by atoms with Gasteiger partial charge in [-0.3, -0.25) is 0 Å². The summed E-state index contributed by atoms with van der Waals surface area (Å²) in [6.07, 6.45) is 0. The number of aromatic nitrogens is 2. The lowest BCUT2D eigenvalue weighted by Gasteiger charge is -1.64. The highest BCUT2D eigenvalue weighted by atomic mass is 16.5. The molecule has 0 radical (unpaired) electrons. The largest absolute Gasteiger partial charge is 0.340 e. The van der Waals surface area contributed by atoms with Gasteiger partial charge in [0.1, 0.15) is 0 Å². The second-order valence-corrected chi connectivity index (χ2v) is 1.36. The normalized spacial score (nSPS) is 7.09. The van der Waals surface area contributed by atoms with Crippen molar-refractivity contribution in [2.75, 3.05) is 0 Å². The van der Waals surface area contributed by atoms with Gasteiger partial charge in [-0.25, -0.2) is 0 Å². The highest BCUT2D eigenvalue weighted by Gasteiger charge is 1.89. The van der Waals surface area contributed by atoms with Crippen molar-refractivity contribution >= 4 is 0 Å². The third-order valence-electron chi connectivity index (χ3n) is 0.629. The predicted octanol–water partition coefficient (Wildman–Crippen LogP) is 2.74. The zero-order chi connectivity index (χ0) is 9.28. The van der Waals surface area contributed by atoms with E-state index in [1.54, 1.807) is 13.8 Å². The van der Waals surface area contributed by atoms with Crippen molar-refractivity contribution in [1.29, 1.82) is 0 Å². The van der Waals surface area contributed by atoms with Crippen molar-refractivity contribution < 1.29 is 4.52 Å². The molecule has 0 aliphatic rings. The van der Waals surface area contributed by atoms with E-state index in [2.05, 4.69) is 14.7 Å². The van der Waals surface area contributed by atoms with Gasteiger partial charge < -0.3 is 4.52 Å². The molecule has 0 aromatic carbocycles. The summed E-state index contributed by atoms with van der Waals surface area (Å²) in [5.74, 6) is 1.31. The fraction of sp³-hybridized carbons (Fsp3) is 0.750. The zero-order valence-corrected chi connectivity index (χ0v) is 8.30. The van der Waals surface area contributed by atoms with Gasteiger partial charge in [0.05, 0.1) is 0 Å². The number of rotatable bonds is 0. The van der Waals surface area contributed by atoms with Crippen LogP contribution in [0.1, 0.15) is 39.4 Å². The Morgan fingerprint density at radius 3 is 1.55 bits per heavy atom. The van der Waals surface area contributed by atoms with E-state index < -0.39 is 0 Å². The average Bonchev–Trinajstić information content (AvgIpc) is 2.43. The Morgan fingerprint density at radius 1 is 1.00 bits per heavy atom. The molecular formula is C8H18N2O. The van der Waals surface area contributed by atoms with E-state index in [1.807, 2.05) is 27.7 Å². The molecule has 0 spiro atoms. The van der Waals surface area contributed by atoms with E-state index in [9.17, 15) is 0 Å². The van der Waals surface area contributed by atoms with Gasteiger partial charge in [-0.2, -0.15) is 4.98 Å². The first-order valence-electron chi connectivity index (χ1n) is 4.06. The van der Waals surface area contributed by atoms with Gasteiger partial charge in [0.25, 0.3) is 0 Å². The standard InChI is InChI=1S/C4H6N2O.2C2H6/c1-3-5-4(2)7-6-3;2*1-2/h1-2H3;2*1-2H3. The Kier molecular flexibility index (Phi) is 10.6. The molecule has 11 heavy (non-hydrogen) atoms. The minimum Gasteiger partial charge on any atom is -0.340 e. The molecule has 0 atom stereocenters. The third kappa shape index (κ3) is 7.03. The number of hydrogen-bond acceptors (Lipinski definition) is 3. The quantitative estimate of drug-likeness (QED) is 0.582. The Morgan fingerprint density at radius 2 is 1.45 bits per heavy atom. The molecule has 1 aromatic rings. The van der Waals surface area contributed by atoms with Gasteiger partial charge in [0.2, 0.25) is 5.89 Å². The minimum atomic E-state index is 0.623. The van der Waals surface area contributed by atoms with Crippen LogP contribution in [0.25, 0.3) is 0 Å². The van der Waals surface area contributed by atoms with Crippen LogP contribution in [0.3, 0.4) is 0 Å². The molecule has 0 N–H and O–H groups in total. The van der Waals surface area contributed by atoms with Crippen LogP contribution in [0.15, 0.2) is 4.52 Å². The zero-order valence-electron chi connectivity index (χ0n) is 8.30. The Balaban J connectivity index is 0. The van der Waals surface area contributed by atoms with Crippen molar-refractivity contribution in [3.63, 3.8) is 0 Å². The summed E-state index contributed by atoms with van der Waals surface area (Å²) in [5.41, 5.74) is 0. The highest BCUT2D eigenvalue weighted by molar-refractivity contribution is 4.77. The summed E-state index contributed by atoms with van der Waals surface area (Å²) in [5, 5.41) is 3.53.